The lowest BCUT2D eigenvalue weighted by molar-refractivity contribution is 0.0255. The highest BCUT2D eigenvalue weighted by Crippen LogP contribution is 2.27. The molecule has 1 unspecified atom stereocenters. The van der Waals surface area contributed by atoms with Gasteiger partial charge in [-0.3, -0.25) is 0 Å². The van der Waals surface area contributed by atoms with Gasteiger partial charge in [-0.15, -0.1) is 0 Å². The van der Waals surface area contributed by atoms with Gasteiger partial charge in [-0.2, -0.15) is 0 Å². The molecule has 1 heterocycles. The molecular weight excluding hydrogens is 217 g/mol. The summed E-state index contributed by atoms with van der Waals surface area (Å²) < 4.78 is 19.1. The highest BCUT2D eigenvalue weighted by Gasteiger charge is 2.20. The van der Waals surface area contributed by atoms with Gasteiger partial charge >= 0.3 is 0 Å². The SMILES string of the molecule is Cc1cc(F)c(C2CNCCO2)cc1Cl. The standard InChI is InChI=1S/C11H13ClFNO/c1-7-4-10(13)8(5-9(7)12)11-6-14-2-3-15-11/h4-5,11,14H,2-3,6H2,1H3. The smallest absolute Gasteiger partial charge is 0.129 e. The van der Waals surface area contributed by atoms with Crippen molar-refractivity contribution in [3.63, 3.8) is 0 Å². The molecule has 1 aromatic rings. The van der Waals surface area contributed by atoms with Crippen LogP contribution in [0.15, 0.2) is 12.1 Å². The molecule has 1 N–H and O–H groups in total. The number of benzene rings is 1. The molecule has 1 aromatic carbocycles. The molecule has 0 amide bonds. The van der Waals surface area contributed by atoms with Crippen molar-refractivity contribution in [3.8, 4) is 0 Å². The average Bonchev–Trinajstić information content (AvgIpc) is 2.25. The first-order chi connectivity index (χ1) is 7.18. The Bertz CT molecular complexity index is 364. The first-order valence-electron chi connectivity index (χ1n) is 4.96. The van der Waals surface area contributed by atoms with E-state index in [4.69, 9.17) is 16.3 Å². The number of hydrogen-bond acceptors (Lipinski definition) is 2. The summed E-state index contributed by atoms with van der Waals surface area (Å²) in [6.07, 6.45) is -0.225. The number of aryl methyl sites for hydroxylation is 1. The fourth-order valence-corrected chi connectivity index (χ4v) is 1.85. The summed E-state index contributed by atoms with van der Waals surface area (Å²) in [5.74, 6) is -0.245. The molecule has 0 radical (unpaired) electrons. The van der Waals surface area contributed by atoms with E-state index in [9.17, 15) is 4.39 Å². The van der Waals surface area contributed by atoms with Crippen molar-refractivity contribution < 1.29 is 9.13 Å². The summed E-state index contributed by atoms with van der Waals surface area (Å²) in [6.45, 7) is 3.85. The molecule has 0 saturated carbocycles. The van der Waals surface area contributed by atoms with Crippen molar-refractivity contribution >= 4 is 11.6 Å². The van der Waals surface area contributed by atoms with E-state index < -0.39 is 0 Å². The monoisotopic (exact) mass is 229 g/mol. The van der Waals surface area contributed by atoms with Gasteiger partial charge in [0.2, 0.25) is 0 Å². The average molecular weight is 230 g/mol. The minimum Gasteiger partial charge on any atom is -0.371 e. The van der Waals surface area contributed by atoms with Crippen LogP contribution >= 0.6 is 11.6 Å². The Morgan fingerprint density at radius 2 is 2.33 bits per heavy atom. The summed E-state index contributed by atoms with van der Waals surface area (Å²) in [6, 6.07) is 3.11. The van der Waals surface area contributed by atoms with Crippen molar-refractivity contribution in [1.29, 1.82) is 0 Å². The molecule has 1 atom stereocenters. The Balaban J connectivity index is 2.30. The van der Waals surface area contributed by atoms with Gasteiger partial charge in [0.1, 0.15) is 5.82 Å². The first-order valence-corrected chi connectivity index (χ1v) is 5.34. The summed E-state index contributed by atoms with van der Waals surface area (Å²) in [7, 11) is 0. The molecule has 82 valence electrons. The first kappa shape index (κ1) is 10.9. The van der Waals surface area contributed by atoms with Gasteiger partial charge in [0, 0.05) is 23.7 Å². The molecule has 2 nitrogen and oxygen atoms in total. The Hall–Kier alpha value is -0.640. The third-order valence-corrected chi connectivity index (χ3v) is 2.96. The highest BCUT2D eigenvalue weighted by atomic mass is 35.5. The third kappa shape index (κ3) is 2.30. The van der Waals surface area contributed by atoms with Crippen LogP contribution in [0, 0.1) is 12.7 Å². The molecule has 1 fully saturated rings. The van der Waals surface area contributed by atoms with E-state index in [1.165, 1.54) is 6.07 Å². The van der Waals surface area contributed by atoms with E-state index in [1.807, 2.05) is 0 Å². The van der Waals surface area contributed by atoms with Crippen LogP contribution in [0.3, 0.4) is 0 Å². The van der Waals surface area contributed by atoms with Gasteiger partial charge < -0.3 is 10.1 Å². The number of rotatable bonds is 1. The molecule has 2 rings (SSSR count). The van der Waals surface area contributed by atoms with Gasteiger partial charge in [-0.25, -0.2) is 4.39 Å². The van der Waals surface area contributed by atoms with Gasteiger partial charge in [0.15, 0.2) is 0 Å². The topological polar surface area (TPSA) is 21.3 Å². The zero-order valence-electron chi connectivity index (χ0n) is 8.52. The van der Waals surface area contributed by atoms with Gasteiger partial charge in [-0.05, 0) is 24.6 Å². The Morgan fingerprint density at radius 1 is 1.53 bits per heavy atom. The van der Waals surface area contributed by atoms with E-state index in [0.29, 0.717) is 23.7 Å². The van der Waals surface area contributed by atoms with E-state index in [0.717, 1.165) is 12.1 Å². The van der Waals surface area contributed by atoms with E-state index in [-0.39, 0.29) is 11.9 Å². The van der Waals surface area contributed by atoms with Crippen molar-refractivity contribution in [1.82, 2.24) is 5.32 Å². The quantitative estimate of drug-likeness (QED) is 0.799. The Morgan fingerprint density at radius 3 is 3.00 bits per heavy atom. The second-order valence-electron chi connectivity index (χ2n) is 3.69. The molecule has 4 heteroatoms. The fourth-order valence-electron chi connectivity index (χ4n) is 1.67. The number of halogens is 2. The number of nitrogens with one attached hydrogen (secondary N) is 1. The highest BCUT2D eigenvalue weighted by molar-refractivity contribution is 6.31. The summed E-state index contributed by atoms with van der Waals surface area (Å²) in [5, 5.41) is 3.74. The Kier molecular flexibility index (Phi) is 3.24. The molecule has 15 heavy (non-hydrogen) atoms. The summed E-state index contributed by atoms with van der Waals surface area (Å²) in [4.78, 5) is 0. The zero-order chi connectivity index (χ0) is 10.8. The number of hydrogen-bond donors (Lipinski definition) is 1. The lowest BCUT2D eigenvalue weighted by atomic mass is 10.1. The molecule has 0 aliphatic carbocycles. The Labute approximate surface area is 93.4 Å². The number of ether oxygens (including phenoxy) is 1. The van der Waals surface area contributed by atoms with Crippen LogP contribution in [-0.2, 0) is 4.74 Å². The van der Waals surface area contributed by atoms with Crippen molar-refractivity contribution in [2.45, 2.75) is 13.0 Å². The largest absolute Gasteiger partial charge is 0.371 e. The second-order valence-corrected chi connectivity index (χ2v) is 4.09. The number of morpholine rings is 1. The fraction of sp³-hybridized carbons (Fsp3) is 0.455. The van der Waals surface area contributed by atoms with Crippen LogP contribution in [0.1, 0.15) is 17.2 Å². The maximum absolute atomic E-state index is 13.6. The maximum Gasteiger partial charge on any atom is 0.129 e. The van der Waals surface area contributed by atoms with Crippen LogP contribution in [0.4, 0.5) is 4.39 Å². The summed E-state index contributed by atoms with van der Waals surface area (Å²) in [5.41, 5.74) is 1.29. The third-order valence-electron chi connectivity index (χ3n) is 2.55. The predicted octanol–water partition coefficient (Wildman–Crippen LogP) is 2.45. The van der Waals surface area contributed by atoms with Crippen molar-refractivity contribution in [2.75, 3.05) is 19.7 Å². The van der Waals surface area contributed by atoms with Gasteiger partial charge in [-0.1, -0.05) is 11.6 Å². The molecule has 0 spiro atoms. The molecule has 1 aliphatic heterocycles. The van der Waals surface area contributed by atoms with Gasteiger partial charge in [0.05, 0.1) is 12.7 Å². The van der Waals surface area contributed by atoms with Crippen LogP contribution in [0.25, 0.3) is 0 Å². The predicted molar refractivity (Wildman–Crippen MR) is 57.7 cm³/mol. The van der Waals surface area contributed by atoms with Crippen LogP contribution in [-0.4, -0.2) is 19.7 Å². The minimum absolute atomic E-state index is 0.225. The normalized spacial score (nSPS) is 21.7. The minimum atomic E-state index is -0.245. The lowest BCUT2D eigenvalue weighted by Crippen LogP contribution is -2.33. The molecule has 0 bridgehead atoms. The van der Waals surface area contributed by atoms with Gasteiger partial charge in [0.25, 0.3) is 0 Å². The molecule has 0 aromatic heterocycles. The van der Waals surface area contributed by atoms with E-state index >= 15 is 0 Å². The van der Waals surface area contributed by atoms with Crippen LogP contribution < -0.4 is 5.32 Å². The maximum atomic E-state index is 13.6. The van der Waals surface area contributed by atoms with E-state index in [2.05, 4.69) is 5.32 Å². The molecular formula is C11H13ClFNO. The lowest BCUT2D eigenvalue weighted by Gasteiger charge is -2.24. The van der Waals surface area contributed by atoms with Crippen molar-refractivity contribution in [2.24, 2.45) is 0 Å². The van der Waals surface area contributed by atoms with Crippen molar-refractivity contribution in [3.05, 3.63) is 34.1 Å². The summed E-state index contributed by atoms with van der Waals surface area (Å²) >= 11 is 5.96. The zero-order valence-corrected chi connectivity index (χ0v) is 9.27. The van der Waals surface area contributed by atoms with Crippen LogP contribution in [0.2, 0.25) is 5.02 Å². The second kappa shape index (κ2) is 4.47. The molecule has 1 aliphatic rings. The van der Waals surface area contributed by atoms with E-state index in [1.54, 1.807) is 13.0 Å². The van der Waals surface area contributed by atoms with Crippen LogP contribution in [0.5, 0.6) is 0 Å². The molecule has 1 saturated heterocycles.